The van der Waals surface area contributed by atoms with Crippen LogP contribution in [-0.2, 0) is 6.42 Å². The fourth-order valence-electron chi connectivity index (χ4n) is 4.03. The lowest BCUT2D eigenvalue weighted by Crippen LogP contribution is -2.34. The molecule has 6 nitrogen and oxygen atoms in total. The van der Waals surface area contributed by atoms with Gasteiger partial charge in [-0.1, -0.05) is 31.2 Å². The number of nitrogens with zero attached hydrogens (tertiary/aromatic N) is 1. The molecule has 0 spiro atoms. The summed E-state index contributed by atoms with van der Waals surface area (Å²) in [6.07, 6.45) is 0.935. The van der Waals surface area contributed by atoms with Gasteiger partial charge < -0.3 is 14.2 Å². The molecule has 0 radical (unpaired) electrons. The Morgan fingerprint density at radius 1 is 0.865 bits per heavy atom. The van der Waals surface area contributed by atoms with Crippen LogP contribution in [0.5, 0.6) is 0 Å². The van der Waals surface area contributed by atoms with Crippen molar-refractivity contribution in [1.29, 1.82) is 0 Å². The first-order valence-corrected chi connectivity index (χ1v) is 12.5. The van der Waals surface area contributed by atoms with E-state index >= 15 is 0 Å². The molecule has 0 aliphatic heterocycles. The van der Waals surface area contributed by atoms with Gasteiger partial charge in [0, 0.05) is 16.8 Å². The van der Waals surface area contributed by atoms with E-state index in [0.29, 0.717) is 11.7 Å². The number of aryl methyl sites for hydroxylation is 4. The maximum Gasteiger partial charge on any atom is 0.293 e. The molecule has 0 saturated heterocycles. The molecule has 186 valence electrons. The van der Waals surface area contributed by atoms with Crippen LogP contribution < -0.4 is 10.6 Å². The molecule has 0 saturated carbocycles. The van der Waals surface area contributed by atoms with E-state index in [-0.39, 0.29) is 10.9 Å². The second-order valence-corrected chi connectivity index (χ2v) is 9.48. The quantitative estimate of drug-likeness (QED) is 0.241. The minimum Gasteiger partial charge on any atom is -0.451 e. The molecule has 0 atom stereocenters. The molecule has 5 rings (SSSR count). The highest BCUT2D eigenvalue weighted by Crippen LogP contribution is 2.29. The zero-order valence-corrected chi connectivity index (χ0v) is 22.0. The number of rotatable bonds is 5. The Morgan fingerprint density at radius 3 is 2.43 bits per heavy atom. The van der Waals surface area contributed by atoms with Gasteiger partial charge in [-0.2, -0.15) is 0 Å². The molecule has 0 aliphatic rings. The lowest BCUT2D eigenvalue weighted by Gasteiger charge is -2.12. The van der Waals surface area contributed by atoms with Crippen LogP contribution in [0.4, 0.5) is 5.69 Å². The predicted molar refractivity (Wildman–Crippen MR) is 151 cm³/mol. The molecular weight excluding hydrogens is 482 g/mol. The minimum absolute atomic E-state index is 0.166. The van der Waals surface area contributed by atoms with Gasteiger partial charge in [-0.25, -0.2) is 4.98 Å². The molecule has 2 N–H and O–H groups in total. The van der Waals surface area contributed by atoms with Crippen LogP contribution in [0.3, 0.4) is 0 Å². The van der Waals surface area contributed by atoms with Crippen molar-refractivity contribution in [3.63, 3.8) is 0 Å². The molecule has 5 aromatic rings. The topological polar surface area (TPSA) is 80.3 Å². The molecule has 37 heavy (non-hydrogen) atoms. The third-order valence-electron chi connectivity index (χ3n) is 6.44. The first-order chi connectivity index (χ1) is 17.8. The van der Waals surface area contributed by atoms with Crippen LogP contribution in [0, 0.1) is 20.8 Å². The van der Waals surface area contributed by atoms with Crippen molar-refractivity contribution in [3.05, 3.63) is 94.7 Å². The predicted octanol–water partition coefficient (Wildman–Crippen LogP) is 7.37. The number of nitrogens with one attached hydrogen (secondary N) is 2. The molecule has 2 aromatic heterocycles. The molecule has 0 unspecified atom stereocenters. The normalized spacial score (nSPS) is 11.0. The maximum absolute atomic E-state index is 12.8. The van der Waals surface area contributed by atoms with Gasteiger partial charge in [0.1, 0.15) is 11.3 Å². The van der Waals surface area contributed by atoms with Gasteiger partial charge in [0.2, 0.25) is 5.89 Å². The van der Waals surface area contributed by atoms with Crippen LogP contribution in [-0.4, -0.2) is 16.0 Å². The number of oxazole rings is 1. The van der Waals surface area contributed by atoms with Crippen LogP contribution in [0.25, 0.3) is 33.9 Å². The number of anilines is 1. The van der Waals surface area contributed by atoms with Crippen molar-refractivity contribution in [2.24, 2.45) is 0 Å². The van der Waals surface area contributed by atoms with Gasteiger partial charge in [-0.3, -0.25) is 10.1 Å². The Kier molecular flexibility index (Phi) is 6.63. The van der Waals surface area contributed by atoms with E-state index < -0.39 is 5.91 Å². The third kappa shape index (κ3) is 5.17. The van der Waals surface area contributed by atoms with Crippen LogP contribution >= 0.6 is 12.2 Å². The van der Waals surface area contributed by atoms with E-state index in [9.17, 15) is 4.79 Å². The van der Waals surface area contributed by atoms with Gasteiger partial charge in [-0.15, -0.1) is 0 Å². The second-order valence-electron chi connectivity index (χ2n) is 9.08. The monoisotopic (exact) mass is 509 g/mol. The fraction of sp³-hybridized carbons (Fsp3) is 0.167. The summed E-state index contributed by atoms with van der Waals surface area (Å²) in [5.41, 5.74) is 8.55. The molecule has 0 bridgehead atoms. The van der Waals surface area contributed by atoms with Crippen molar-refractivity contribution < 1.29 is 13.6 Å². The summed E-state index contributed by atoms with van der Waals surface area (Å²) in [5, 5.41) is 5.98. The van der Waals surface area contributed by atoms with Crippen molar-refractivity contribution in [2.75, 3.05) is 5.32 Å². The number of fused-ring (bicyclic) bond motifs is 1. The number of furan rings is 1. The lowest BCUT2D eigenvalue weighted by atomic mass is 10.1. The van der Waals surface area contributed by atoms with E-state index in [1.807, 2.05) is 68.4 Å². The van der Waals surface area contributed by atoms with E-state index in [0.717, 1.165) is 45.5 Å². The Balaban J connectivity index is 1.30. The summed E-state index contributed by atoms with van der Waals surface area (Å²) in [4.78, 5) is 17.4. The van der Waals surface area contributed by atoms with E-state index in [4.69, 9.17) is 21.1 Å². The second kappa shape index (κ2) is 10.0. The number of thiocarbonyl (C=S) groups is 1. The SMILES string of the molecule is CCc1ccc2oc(-c3ccc(C)c(NC(=S)NC(=O)c4ccc(-c5ccc(C)c(C)c5)o4)c3)nc2c1. The number of hydrogen-bond acceptors (Lipinski definition) is 5. The Hall–Kier alpha value is -4.23. The molecular formula is C30H27N3O3S. The molecule has 7 heteroatoms. The van der Waals surface area contributed by atoms with Crippen molar-refractivity contribution in [2.45, 2.75) is 34.1 Å². The summed E-state index contributed by atoms with van der Waals surface area (Å²) in [6, 6.07) is 21.3. The zero-order chi connectivity index (χ0) is 26.1. The summed E-state index contributed by atoms with van der Waals surface area (Å²) < 4.78 is 11.8. The number of amides is 1. The summed E-state index contributed by atoms with van der Waals surface area (Å²) in [6.45, 7) is 8.17. The molecule has 3 aromatic carbocycles. The van der Waals surface area contributed by atoms with E-state index in [2.05, 4.69) is 29.5 Å². The van der Waals surface area contributed by atoms with Crippen molar-refractivity contribution in [3.8, 4) is 22.8 Å². The number of carbonyl (C=O) groups is 1. The Morgan fingerprint density at radius 2 is 1.65 bits per heavy atom. The summed E-state index contributed by atoms with van der Waals surface area (Å²) >= 11 is 5.42. The van der Waals surface area contributed by atoms with Crippen molar-refractivity contribution in [1.82, 2.24) is 10.3 Å². The molecule has 1 amide bonds. The molecule has 2 heterocycles. The van der Waals surface area contributed by atoms with E-state index in [1.165, 1.54) is 11.1 Å². The highest BCUT2D eigenvalue weighted by molar-refractivity contribution is 7.80. The maximum atomic E-state index is 12.8. The number of benzene rings is 3. The highest BCUT2D eigenvalue weighted by atomic mass is 32.1. The first-order valence-electron chi connectivity index (χ1n) is 12.1. The smallest absolute Gasteiger partial charge is 0.293 e. The number of aromatic nitrogens is 1. The molecule has 0 fully saturated rings. The number of hydrogen-bond donors (Lipinski definition) is 2. The standard InChI is InChI=1S/C30H27N3O3S/c1-5-20-8-11-26-24(15-20)31-29(36-26)22-10-7-18(3)23(16-22)32-30(37)33-28(34)27-13-12-25(35-27)21-9-6-17(2)19(4)14-21/h6-16H,5H2,1-4H3,(H2,32,33,34,37). The number of carbonyl (C=O) groups excluding carboxylic acids is 1. The summed E-state index contributed by atoms with van der Waals surface area (Å²) in [5.74, 6) is 0.906. The van der Waals surface area contributed by atoms with Crippen LogP contribution in [0.2, 0.25) is 0 Å². The Labute approximate surface area is 220 Å². The van der Waals surface area contributed by atoms with Gasteiger partial charge in [0.25, 0.3) is 5.91 Å². The van der Waals surface area contributed by atoms with Crippen LogP contribution in [0.1, 0.15) is 39.7 Å². The van der Waals surface area contributed by atoms with Gasteiger partial charge >= 0.3 is 0 Å². The van der Waals surface area contributed by atoms with Crippen molar-refractivity contribution >= 4 is 40.0 Å². The zero-order valence-electron chi connectivity index (χ0n) is 21.1. The van der Waals surface area contributed by atoms with E-state index in [1.54, 1.807) is 12.1 Å². The summed E-state index contributed by atoms with van der Waals surface area (Å²) in [7, 11) is 0. The highest BCUT2D eigenvalue weighted by Gasteiger charge is 2.16. The van der Waals surface area contributed by atoms with Crippen LogP contribution in [0.15, 0.2) is 75.6 Å². The largest absolute Gasteiger partial charge is 0.451 e. The average molecular weight is 510 g/mol. The minimum atomic E-state index is -0.424. The fourth-order valence-corrected chi connectivity index (χ4v) is 4.24. The lowest BCUT2D eigenvalue weighted by molar-refractivity contribution is 0.0951. The van der Waals surface area contributed by atoms with Gasteiger partial charge in [0.15, 0.2) is 16.5 Å². The third-order valence-corrected chi connectivity index (χ3v) is 6.65. The van der Waals surface area contributed by atoms with Gasteiger partial charge in [0.05, 0.1) is 0 Å². The average Bonchev–Trinajstić information content (AvgIpc) is 3.54. The Bertz CT molecular complexity index is 1650. The molecule has 0 aliphatic carbocycles. The van der Waals surface area contributed by atoms with Gasteiger partial charge in [-0.05, 0) is 104 Å². The first kappa shape index (κ1) is 24.5.